The lowest BCUT2D eigenvalue weighted by Crippen LogP contribution is -2.35. The molecule has 0 atom stereocenters. The first-order chi connectivity index (χ1) is 4.18. The van der Waals surface area contributed by atoms with Crippen molar-refractivity contribution in [1.29, 1.82) is 5.41 Å². The second kappa shape index (κ2) is 6.64. The van der Waals surface area contributed by atoms with Gasteiger partial charge in [-0.2, -0.15) is 0 Å². The van der Waals surface area contributed by atoms with Gasteiger partial charge in [-0.15, -0.1) is 12.4 Å². The Hall–Kier alpha value is -0.480. The van der Waals surface area contributed by atoms with Gasteiger partial charge in [-0.25, -0.2) is 0 Å². The van der Waals surface area contributed by atoms with Gasteiger partial charge in [0.15, 0.2) is 5.96 Å². The van der Waals surface area contributed by atoms with Gasteiger partial charge < -0.3 is 15.4 Å². The van der Waals surface area contributed by atoms with Crippen LogP contribution in [0.2, 0.25) is 0 Å². The summed E-state index contributed by atoms with van der Waals surface area (Å²) in [5.41, 5.74) is 5.13. The molecule has 0 unspecified atom stereocenters. The Labute approximate surface area is 67.3 Å². The first kappa shape index (κ1) is 12.2. The minimum absolute atomic E-state index is 0. The van der Waals surface area contributed by atoms with Crippen molar-refractivity contribution in [2.45, 2.75) is 0 Å². The van der Waals surface area contributed by atoms with E-state index in [1.807, 2.05) is 0 Å². The second-order valence-corrected chi connectivity index (χ2v) is 1.80. The van der Waals surface area contributed by atoms with Crippen LogP contribution in [0.25, 0.3) is 0 Å². The summed E-state index contributed by atoms with van der Waals surface area (Å²) in [4.78, 5) is 1.61. The lowest BCUT2D eigenvalue weighted by atomic mass is 10.6. The van der Waals surface area contributed by atoms with Crippen molar-refractivity contribution in [3.05, 3.63) is 0 Å². The summed E-state index contributed by atoms with van der Waals surface area (Å²) < 4.78 is 4.77. The number of guanidine groups is 1. The summed E-state index contributed by atoms with van der Waals surface area (Å²) in [6.07, 6.45) is 0. The average molecular weight is 168 g/mol. The van der Waals surface area contributed by atoms with E-state index in [1.165, 1.54) is 0 Å². The molecule has 0 bridgehead atoms. The van der Waals surface area contributed by atoms with Crippen molar-refractivity contribution in [3.63, 3.8) is 0 Å². The highest BCUT2D eigenvalue weighted by atomic mass is 35.5. The Kier molecular flexibility index (Phi) is 8.11. The monoisotopic (exact) mass is 167 g/mol. The fourth-order valence-electron chi connectivity index (χ4n) is 0.349. The molecule has 0 fully saturated rings. The van der Waals surface area contributed by atoms with Crippen LogP contribution in [0.15, 0.2) is 0 Å². The Morgan fingerprint density at radius 2 is 2.20 bits per heavy atom. The molecular weight excluding hydrogens is 154 g/mol. The Balaban J connectivity index is 0. The third kappa shape index (κ3) is 5.65. The van der Waals surface area contributed by atoms with E-state index in [4.69, 9.17) is 15.9 Å². The molecule has 0 aliphatic rings. The summed E-state index contributed by atoms with van der Waals surface area (Å²) in [7, 11) is 3.37. The van der Waals surface area contributed by atoms with Crippen molar-refractivity contribution >= 4 is 18.4 Å². The van der Waals surface area contributed by atoms with Crippen LogP contribution in [0.3, 0.4) is 0 Å². The van der Waals surface area contributed by atoms with Crippen LogP contribution in [-0.4, -0.2) is 38.2 Å². The van der Waals surface area contributed by atoms with Gasteiger partial charge in [0.1, 0.15) is 0 Å². The Morgan fingerprint density at radius 1 is 1.70 bits per heavy atom. The van der Waals surface area contributed by atoms with Gasteiger partial charge in [0.25, 0.3) is 0 Å². The summed E-state index contributed by atoms with van der Waals surface area (Å²) in [6.45, 7) is 1.28. The van der Waals surface area contributed by atoms with Crippen molar-refractivity contribution in [1.82, 2.24) is 4.90 Å². The molecule has 0 radical (unpaired) electrons. The van der Waals surface area contributed by atoms with E-state index in [9.17, 15) is 0 Å². The number of nitrogens with one attached hydrogen (secondary N) is 1. The molecule has 0 aliphatic carbocycles. The third-order valence-corrected chi connectivity index (χ3v) is 1.04. The summed E-state index contributed by atoms with van der Waals surface area (Å²) in [6, 6.07) is 0. The number of likely N-dealkylation sites (N-methyl/N-ethyl adjacent to an activating group) is 1. The minimum atomic E-state index is 0. The van der Waals surface area contributed by atoms with Crippen LogP contribution in [0, 0.1) is 5.41 Å². The molecule has 0 aromatic heterocycles. The smallest absolute Gasteiger partial charge is 0.188 e. The third-order valence-electron chi connectivity index (χ3n) is 1.04. The lowest BCUT2D eigenvalue weighted by Gasteiger charge is -2.14. The van der Waals surface area contributed by atoms with E-state index in [1.54, 1.807) is 19.1 Å². The second-order valence-electron chi connectivity index (χ2n) is 1.80. The SMILES string of the molecule is COCCN(C)C(=N)N.Cl. The van der Waals surface area contributed by atoms with Gasteiger partial charge in [0.2, 0.25) is 0 Å². The number of methoxy groups -OCH3 is 1. The van der Waals surface area contributed by atoms with Gasteiger partial charge in [-0.1, -0.05) is 0 Å². The van der Waals surface area contributed by atoms with Gasteiger partial charge >= 0.3 is 0 Å². The van der Waals surface area contributed by atoms with E-state index >= 15 is 0 Å². The molecule has 0 aliphatic heterocycles. The van der Waals surface area contributed by atoms with E-state index in [-0.39, 0.29) is 18.4 Å². The van der Waals surface area contributed by atoms with Crippen molar-refractivity contribution < 1.29 is 4.74 Å². The molecule has 0 aromatic rings. The molecule has 10 heavy (non-hydrogen) atoms. The van der Waals surface area contributed by atoms with Crippen molar-refractivity contribution in [3.8, 4) is 0 Å². The normalized spacial score (nSPS) is 8.20. The highest BCUT2D eigenvalue weighted by Gasteiger charge is 1.95. The summed E-state index contributed by atoms with van der Waals surface area (Å²) >= 11 is 0. The van der Waals surface area contributed by atoms with E-state index in [0.717, 1.165) is 0 Å². The summed E-state index contributed by atoms with van der Waals surface area (Å²) in [5, 5.41) is 6.93. The number of hydrogen-bond acceptors (Lipinski definition) is 2. The molecule has 4 nitrogen and oxygen atoms in total. The van der Waals surface area contributed by atoms with Crippen molar-refractivity contribution in [2.75, 3.05) is 27.3 Å². The van der Waals surface area contributed by atoms with Gasteiger partial charge in [0, 0.05) is 20.7 Å². The number of nitrogens with two attached hydrogens (primary N) is 1. The highest BCUT2D eigenvalue weighted by Crippen LogP contribution is 1.77. The molecule has 3 N–H and O–H groups in total. The summed E-state index contributed by atoms with van der Waals surface area (Å²) in [5.74, 6) is 0.0760. The van der Waals surface area contributed by atoms with E-state index in [0.29, 0.717) is 13.2 Å². The number of hydrogen-bond donors (Lipinski definition) is 2. The molecule has 0 rings (SSSR count). The molecule has 0 amide bonds. The lowest BCUT2D eigenvalue weighted by molar-refractivity contribution is 0.182. The fraction of sp³-hybridized carbons (Fsp3) is 0.800. The van der Waals surface area contributed by atoms with Gasteiger partial charge in [-0.3, -0.25) is 5.41 Å². The average Bonchev–Trinajstić information content (AvgIpc) is 1.82. The van der Waals surface area contributed by atoms with Crippen LogP contribution >= 0.6 is 12.4 Å². The standard InChI is InChI=1S/C5H13N3O.ClH/c1-8(5(6)7)3-4-9-2;/h3-4H2,1-2H3,(H3,6,7);1H. The van der Waals surface area contributed by atoms with Gasteiger partial charge in [-0.05, 0) is 0 Å². The van der Waals surface area contributed by atoms with E-state index < -0.39 is 0 Å². The van der Waals surface area contributed by atoms with Crippen molar-refractivity contribution in [2.24, 2.45) is 5.73 Å². The van der Waals surface area contributed by atoms with E-state index in [2.05, 4.69) is 0 Å². The van der Waals surface area contributed by atoms with Crippen LogP contribution in [0.5, 0.6) is 0 Å². The molecule has 0 spiro atoms. The number of nitrogens with zero attached hydrogens (tertiary/aromatic N) is 1. The predicted molar refractivity (Wildman–Crippen MR) is 43.7 cm³/mol. The molecule has 0 saturated heterocycles. The zero-order valence-corrected chi connectivity index (χ0v) is 7.07. The zero-order chi connectivity index (χ0) is 7.28. The van der Waals surface area contributed by atoms with Crippen LogP contribution in [0.4, 0.5) is 0 Å². The quantitative estimate of drug-likeness (QED) is 0.455. The molecular formula is C5H14ClN3O. The molecule has 0 aromatic carbocycles. The maximum atomic E-state index is 6.93. The molecule has 5 heteroatoms. The highest BCUT2D eigenvalue weighted by molar-refractivity contribution is 5.85. The number of rotatable bonds is 3. The Bertz CT molecular complexity index is 98.9. The predicted octanol–water partition coefficient (Wildman–Crippen LogP) is -0.120. The minimum Gasteiger partial charge on any atom is -0.383 e. The molecule has 62 valence electrons. The van der Waals surface area contributed by atoms with Gasteiger partial charge in [0.05, 0.1) is 6.61 Å². The van der Waals surface area contributed by atoms with Crippen LogP contribution < -0.4 is 5.73 Å². The Morgan fingerprint density at radius 3 is 2.50 bits per heavy atom. The topological polar surface area (TPSA) is 62.3 Å². The zero-order valence-electron chi connectivity index (χ0n) is 6.26. The molecule has 0 heterocycles. The fourth-order valence-corrected chi connectivity index (χ4v) is 0.349. The first-order valence-corrected chi connectivity index (χ1v) is 2.72. The first-order valence-electron chi connectivity index (χ1n) is 2.72. The number of ether oxygens (including phenoxy) is 1. The maximum Gasteiger partial charge on any atom is 0.188 e. The number of halogens is 1. The van der Waals surface area contributed by atoms with Crippen LogP contribution in [0.1, 0.15) is 0 Å². The maximum absolute atomic E-state index is 6.93. The molecule has 0 saturated carbocycles. The largest absolute Gasteiger partial charge is 0.383 e. The van der Waals surface area contributed by atoms with Crippen LogP contribution in [-0.2, 0) is 4.74 Å².